The highest BCUT2D eigenvalue weighted by molar-refractivity contribution is 6.15. The number of benzene rings is 9. The maximum atomic E-state index is 6.92. The number of fused-ring (bicyclic) bond motifs is 12. The van der Waals surface area contributed by atoms with Crippen LogP contribution in [0.5, 0.6) is 0 Å². The van der Waals surface area contributed by atoms with Crippen LogP contribution in [-0.2, 0) is 16.2 Å². The van der Waals surface area contributed by atoms with Gasteiger partial charge < -0.3 is 13.9 Å². The maximum Gasteiger partial charge on any atom is 0.159 e. The third kappa shape index (κ3) is 6.16. The molecule has 12 rings (SSSR count). The highest BCUT2D eigenvalue weighted by atomic mass is 16.3. The monoisotopic (exact) mass is 842 g/mol. The molecule has 0 unspecified atom stereocenters. The van der Waals surface area contributed by atoms with Crippen molar-refractivity contribution in [1.82, 2.24) is 4.57 Å². The van der Waals surface area contributed by atoms with E-state index in [2.05, 4.69) is 236 Å². The topological polar surface area (TPSA) is 21.3 Å². The SMILES string of the molecule is CC(C)(C)c1ccc2c(c1)c1cc(C(C)(C)C)ccc1n2-c1ccc2cc3c(cc2c1)-c1cc2ccc(N(c4ccccc4)c4cccc5c4oc4c(C(C)(C)C)cccc45)cc2cc1-3. The van der Waals surface area contributed by atoms with E-state index in [-0.39, 0.29) is 16.2 Å². The van der Waals surface area contributed by atoms with Gasteiger partial charge in [0.1, 0.15) is 5.58 Å². The van der Waals surface area contributed by atoms with Crippen LogP contribution in [0.3, 0.4) is 0 Å². The Labute approximate surface area is 381 Å². The van der Waals surface area contributed by atoms with Gasteiger partial charge in [-0.2, -0.15) is 0 Å². The quantitative estimate of drug-likeness (QED) is 0.176. The lowest BCUT2D eigenvalue weighted by molar-refractivity contribution is 0.573. The molecule has 0 saturated heterocycles. The van der Waals surface area contributed by atoms with E-state index in [1.807, 2.05) is 0 Å². The van der Waals surface area contributed by atoms with Crippen molar-refractivity contribution in [3.63, 3.8) is 0 Å². The molecular formula is C62H54N2O. The van der Waals surface area contributed by atoms with Gasteiger partial charge in [-0.25, -0.2) is 0 Å². The summed E-state index contributed by atoms with van der Waals surface area (Å²) < 4.78 is 9.39. The molecule has 318 valence electrons. The minimum absolute atomic E-state index is 0.0537. The van der Waals surface area contributed by atoms with Gasteiger partial charge in [0.2, 0.25) is 0 Å². The van der Waals surface area contributed by atoms with Crippen molar-refractivity contribution in [2.75, 3.05) is 4.90 Å². The van der Waals surface area contributed by atoms with Gasteiger partial charge in [0.15, 0.2) is 5.58 Å². The molecule has 2 aromatic heterocycles. The minimum Gasteiger partial charge on any atom is -0.454 e. The molecule has 11 aromatic rings. The number of nitrogens with zero attached hydrogens (tertiary/aromatic N) is 2. The fourth-order valence-electron chi connectivity index (χ4n) is 10.5. The van der Waals surface area contributed by atoms with E-state index in [0.717, 1.165) is 39.0 Å². The van der Waals surface area contributed by atoms with E-state index in [9.17, 15) is 0 Å². The smallest absolute Gasteiger partial charge is 0.159 e. The Kier molecular flexibility index (Phi) is 8.33. The molecule has 0 fully saturated rings. The van der Waals surface area contributed by atoms with Gasteiger partial charge in [-0.3, -0.25) is 0 Å². The number of hydrogen-bond donors (Lipinski definition) is 0. The lowest BCUT2D eigenvalue weighted by atomic mass is 9.78. The van der Waals surface area contributed by atoms with Gasteiger partial charge in [-0.05, 0) is 162 Å². The third-order valence-corrected chi connectivity index (χ3v) is 14.1. The van der Waals surface area contributed by atoms with Gasteiger partial charge in [0.05, 0.1) is 16.7 Å². The van der Waals surface area contributed by atoms with Gasteiger partial charge >= 0.3 is 0 Å². The Morgan fingerprint density at radius 3 is 1.51 bits per heavy atom. The van der Waals surface area contributed by atoms with Crippen LogP contribution in [0.25, 0.3) is 93.2 Å². The number of anilines is 3. The lowest BCUT2D eigenvalue weighted by Crippen LogP contribution is -2.11. The van der Waals surface area contributed by atoms with Crippen LogP contribution in [0.2, 0.25) is 0 Å². The molecule has 0 radical (unpaired) electrons. The number of furan rings is 1. The molecule has 65 heavy (non-hydrogen) atoms. The van der Waals surface area contributed by atoms with Gasteiger partial charge in [0.25, 0.3) is 0 Å². The molecule has 0 atom stereocenters. The molecule has 2 heterocycles. The molecule has 0 N–H and O–H groups in total. The first kappa shape index (κ1) is 39.5. The van der Waals surface area contributed by atoms with E-state index in [0.29, 0.717) is 0 Å². The second-order valence-corrected chi connectivity index (χ2v) is 21.5. The first-order valence-electron chi connectivity index (χ1n) is 23.2. The van der Waals surface area contributed by atoms with Crippen molar-refractivity contribution in [3.8, 4) is 27.9 Å². The molecule has 3 nitrogen and oxygen atoms in total. The second-order valence-electron chi connectivity index (χ2n) is 21.5. The predicted molar refractivity (Wildman–Crippen MR) is 278 cm³/mol. The van der Waals surface area contributed by atoms with Gasteiger partial charge in [-0.15, -0.1) is 0 Å². The Bertz CT molecular complexity index is 3690. The summed E-state index contributed by atoms with van der Waals surface area (Å²) in [5, 5.41) is 9.85. The summed E-state index contributed by atoms with van der Waals surface area (Å²) in [7, 11) is 0. The summed E-state index contributed by atoms with van der Waals surface area (Å²) in [6.07, 6.45) is 0. The van der Waals surface area contributed by atoms with Crippen molar-refractivity contribution >= 4 is 82.4 Å². The molecule has 0 saturated carbocycles. The average Bonchev–Trinajstić information content (AvgIpc) is 3.83. The summed E-state index contributed by atoms with van der Waals surface area (Å²) in [5.74, 6) is 0. The summed E-state index contributed by atoms with van der Waals surface area (Å²) in [5.41, 5.74) is 18.0. The Morgan fingerprint density at radius 1 is 0.385 bits per heavy atom. The predicted octanol–water partition coefficient (Wildman–Crippen LogP) is 18.0. The van der Waals surface area contributed by atoms with Crippen molar-refractivity contribution in [2.45, 2.75) is 78.6 Å². The lowest BCUT2D eigenvalue weighted by Gasteiger charge is -2.28. The Morgan fingerprint density at radius 2 is 0.923 bits per heavy atom. The second kappa shape index (κ2) is 13.7. The van der Waals surface area contributed by atoms with Crippen LogP contribution in [0.4, 0.5) is 17.1 Å². The summed E-state index contributed by atoms with van der Waals surface area (Å²) >= 11 is 0. The van der Waals surface area contributed by atoms with E-state index >= 15 is 0 Å². The molecule has 0 amide bonds. The van der Waals surface area contributed by atoms with Crippen molar-refractivity contribution in [1.29, 1.82) is 0 Å². The number of para-hydroxylation sites is 3. The Hall–Kier alpha value is -7.10. The number of hydrogen-bond acceptors (Lipinski definition) is 2. The number of aromatic nitrogens is 1. The van der Waals surface area contributed by atoms with Crippen molar-refractivity contribution in [3.05, 3.63) is 180 Å². The average molecular weight is 843 g/mol. The summed E-state index contributed by atoms with van der Waals surface area (Å²) in [6, 6.07) is 61.4. The fraction of sp³-hybridized carbons (Fsp3) is 0.194. The van der Waals surface area contributed by atoms with E-state index in [1.54, 1.807) is 0 Å². The minimum atomic E-state index is -0.0537. The molecule has 0 aliphatic heterocycles. The molecular weight excluding hydrogens is 789 g/mol. The molecule has 0 bridgehead atoms. The highest BCUT2D eigenvalue weighted by Gasteiger charge is 2.27. The summed E-state index contributed by atoms with van der Waals surface area (Å²) in [4.78, 5) is 2.35. The van der Waals surface area contributed by atoms with Crippen LogP contribution in [0.1, 0.15) is 79.0 Å². The maximum absolute atomic E-state index is 6.92. The number of rotatable bonds is 4. The molecule has 0 spiro atoms. The summed E-state index contributed by atoms with van der Waals surface area (Å²) in [6.45, 7) is 20.6. The third-order valence-electron chi connectivity index (χ3n) is 14.1. The fourth-order valence-corrected chi connectivity index (χ4v) is 10.5. The van der Waals surface area contributed by atoms with E-state index in [1.165, 1.54) is 88.0 Å². The normalized spacial score (nSPS) is 13.0. The van der Waals surface area contributed by atoms with E-state index in [4.69, 9.17) is 4.42 Å². The first-order valence-corrected chi connectivity index (χ1v) is 23.2. The van der Waals surface area contributed by atoms with Gasteiger partial charge in [0, 0.05) is 44.2 Å². The van der Waals surface area contributed by atoms with Crippen molar-refractivity contribution < 1.29 is 4.42 Å². The van der Waals surface area contributed by atoms with Crippen LogP contribution in [0.15, 0.2) is 168 Å². The molecule has 1 aliphatic rings. The van der Waals surface area contributed by atoms with Crippen LogP contribution in [0, 0.1) is 0 Å². The molecule has 9 aromatic carbocycles. The van der Waals surface area contributed by atoms with Crippen molar-refractivity contribution in [2.24, 2.45) is 0 Å². The molecule has 1 aliphatic carbocycles. The highest BCUT2D eigenvalue weighted by Crippen LogP contribution is 2.52. The van der Waals surface area contributed by atoms with Gasteiger partial charge in [-0.1, -0.05) is 135 Å². The van der Waals surface area contributed by atoms with Crippen LogP contribution in [-0.4, -0.2) is 4.57 Å². The standard InChI is InChI=1S/C62H54N2O/c1-60(2,3)41-23-27-55-52(35-41)53-36-42(61(4,5)6)24-28-56(53)64(55)45-26-22-38-32-49-50-33-39-29-44(25-21-37(39)31-48(50)51(49)34-40(38)30-45)63(43-15-11-10-12-16-43)57-20-14-18-47-46-17-13-19-54(62(7,8)9)58(46)65-59(47)57/h10-36H,1-9H3. The Balaban J connectivity index is 0.956. The first-order chi connectivity index (χ1) is 31.1. The zero-order chi connectivity index (χ0) is 44.7. The van der Waals surface area contributed by atoms with Crippen LogP contribution >= 0.6 is 0 Å². The zero-order valence-electron chi connectivity index (χ0n) is 38.9. The van der Waals surface area contributed by atoms with Crippen LogP contribution < -0.4 is 4.90 Å². The molecule has 3 heteroatoms. The van der Waals surface area contributed by atoms with E-state index < -0.39 is 0 Å². The largest absolute Gasteiger partial charge is 0.454 e. The zero-order valence-corrected chi connectivity index (χ0v) is 38.9.